The molecule has 4 heteroatoms. The van der Waals surface area contributed by atoms with Gasteiger partial charge in [0.05, 0.1) is 5.69 Å². The number of nitrogen functional groups attached to an aromatic ring is 1. The minimum absolute atomic E-state index is 0.799. The third-order valence-corrected chi connectivity index (χ3v) is 4.28. The second kappa shape index (κ2) is 5.80. The van der Waals surface area contributed by atoms with Crippen molar-refractivity contribution in [2.45, 2.75) is 39.5 Å². The zero-order valence-electron chi connectivity index (χ0n) is 12.9. The molecule has 0 atom stereocenters. The molecule has 21 heavy (non-hydrogen) atoms. The fraction of sp³-hybridized carbons (Fsp3) is 0.471. The average Bonchev–Trinajstić information content (AvgIpc) is 2.90. The SMILES string of the molecule is CCc1nc(-c2cc(N3CCCCC3)ccc2N)c(C)[nH]1. The van der Waals surface area contributed by atoms with Crippen LogP contribution in [0.1, 0.15) is 37.7 Å². The standard InChI is InChI=1S/C17H24N4/c1-3-16-19-12(2)17(20-16)14-11-13(7-8-15(14)18)21-9-5-4-6-10-21/h7-8,11H,3-6,9-10,18H2,1-2H3,(H,19,20). The Morgan fingerprint density at radius 1 is 1.24 bits per heavy atom. The summed E-state index contributed by atoms with van der Waals surface area (Å²) in [5, 5.41) is 0. The van der Waals surface area contributed by atoms with E-state index in [0.29, 0.717) is 0 Å². The molecule has 1 aromatic heterocycles. The number of aromatic nitrogens is 2. The van der Waals surface area contributed by atoms with Gasteiger partial charge in [0.1, 0.15) is 5.82 Å². The van der Waals surface area contributed by atoms with Crippen LogP contribution in [0.4, 0.5) is 11.4 Å². The lowest BCUT2D eigenvalue weighted by Gasteiger charge is -2.29. The van der Waals surface area contributed by atoms with Crippen LogP contribution in [-0.2, 0) is 6.42 Å². The maximum Gasteiger partial charge on any atom is 0.106 e. The minimum Gasteiger partial charge on any atom is -0.398 e. The number of hydrogen-bond donors (Lipinski definition) is 2. The largest absolute Gasteiger partial charge is 0.398 e. The third-order valence-electron chi connectivity index (χ3n) is 4.28. The summed E-state index contributed by atoms with van der Waals surface area (Å²) in [6, 6.07) is 6.34. The molecule has 0 bridgehead atoms. The zero-order valence-corrected chi connectivity index (χ0v) is 12.9. The normalized spacial score (nSPS) is 15.4. The van der Waals surface area contributed by atoms with Crippen molar-refractivity contribution < 1.29 is 0 Å². The molecule has 0 radical (unpaired) electrons. The molecule has 1 fully saturated rings. The highest BCUT2D eigenvalue weighted by molar-refractivity contribution is 5.79. The summed E-state index contributed by atoms with van der Waals surface area (Å²) in [6.45, 7) is 6.45. The van der Waals surface area contributed by atoms with Gasteiger partial charge in [0.15, 0.2) is 0 Å². The summed E-state index contributed by atoms with van der Waals surface area (Å²) < 4.78 is 0. The second-order valence-electron chi connectivity index (χ2n) is 5.83. The van der Waals surface area contributed by atoms with Crippen LogP contribution in [0.5, 0.6) is 0 Å². The molecule has 0 spiro atoms. The Morgan fingerprint density at radius 2 is 2.00 bits per heavy atom. The summed E-state index contributed by atoms with van der Waals surface area (Å²) in [5.41, 5.74) is 11.4. The molecule has 0 unspecified atom stereocenters. The number of nitrogens with zero attached hydrogens (tertiary/aromatic N) is 2. The molecule has 2 aromatic rings. The molecule has 1 saturated heterocycles. The lowest BCUT2D eigenvalue weighted by atomic mass is 10.0. The average molecular weight is 284 g/mol. The van der Waals surface area contributed by atoms with Crippen LogP contribution < -0.4 is 10.6 Å². The molecular formula is C17H24N4. The molecule has 2 heterocycles. The lowest BCUT2D eigenvalue weighted by molar-refractivity contribution is 0.578. The Balaban J connectivity index is 1.99. The number of piperidine rings is 1. The first-order chi connectivity index (χ1) is 10.2. The van der Waals surface area contributed by atoms with Gasteiger partial charge in [0.25, 0.3) is 0 Å². The molecule has 4 nitrogen and oxygen atoms in total. The van der Waals surface area contributed by atoms with Gasteiger partial charge in [-0.3, -0.25) is 0 Å². The van der Waals surface area contributed by atoms with Crippen molar-refractivity contribution >= 4 is 11.4 Å². The van der Waals surface area contributed by atoms with E-state index >= 15 is 0 Å². The zero-order chi connectivity index (χ0) is 14.8. The van der Waals surface area contributed by atoms with E-state index in [1.807, 2.05) is 6.07 Å². The highest BCUT2D eigenvalue weighted by atomic mass is 15.1. The molecule has 1 aliphatic rings. The first kappa shape index (κ1) is 14.0. The van der Waals surface area contributed by atoms with E-state index in [9.17, 15) is 0 Å². The van der Waals surface area contributed by atoms with Crippen molar-refractivity contribution in [3.63, 3.8) is 0 Å². The highest BCUT2D eigenvalue weighted by Crippen LogP contribution is 2.32. The van der Waals surface area contributed by atoms with E-state index in [1.165, 1.54) is 24.9 Å². The maximum absolute atomic E-state index is 6.20. The number of imidazole rings is 1. The number of anilines is 2. The molecule has 3 N–H and O–H groups in total. The smallest absolute Gasteiger partial charge is 0.106 e. The van der Waals surface area contributed by atoms with Gasteiger partial charge in [-0.25, -0.2) is 4.98 Å². The van der Waals surface area contributed by atoms with Gasteiger partial charge in [-0.2, -0.15) is 0 Å². The Bertz CT molecular complexity index is 624. The molecule has 3 rings (SSSR count). The van der Waals surface area contributed by atoms with Crippen LogP contribution in [0, 0.1) is 6.92 Å². The van der Waals surface area contributed by atoms with Crippen LogP contribution in [0.15, 0.2) is 18.2 Å². The van der Waals surface area contributed by atoms with Gasteiger partial charge in [0.2, 0.25) is 0 Å². The number of aryl methyl sites for hydroxylation is 2. The van der Waals surface area contributed by atoms with Gasteiger partial charge in [-0.05, 0) is 44.4 Å². The highest BCUT2D eigenvalue weighted by Gasteiger charge is 2.15. The minimum atomic E-state index is 0.799. The van der Waals surface area contributed by atoms with Gasteiger partial charge < -0.3 is 15.6 Å². The van der Waals surface area contributed by atoms with Gasteiger partial charge in [-0.15, -0.1) is 0 Å². The van der Waals surface area contributed by atoms with Crippen molar-refractivity contribution in [3.8, 4) is 11.3 Å². The van der Waals surface area contributed by atoms with Crippen molar-refractivity contribution in [1.29, 1.82) is 0 Å². The topological polar surface area (TPSA) is 57.9 Å². The van der Waals surface area contributed by atoms with E-state index in [0.717, 1.165) is 48.0 Å². The summed E-state index contributed by atoms with van der Waals surface area (Å²) in [5.74, 6) is 1.02. The van der Waals surface area contributed by atoms with Gasteiger partial charge in [0, 0.05) is 42.1 Å². The monoisotopic (exact) mass is 284 g/mol. The number of nitrogens with one attached hydrogen (secondary N) is 1. The van der Waals surface area contributed by atoms with E-state index < -0.39 is 0 Å². The molecule has 0 saturated carbocycles. The fourth-order valence-electron chi connectivity index (χ4n) is 3.05. The first-order valence-electron chi connectivity index (χ1n) is 7.89. The summed E-state index contributed by atoms with van der Waals surface area (Å²) in [6.07, 6.45) is 4.81. The van der Waals surface area contributed by atoms with Crippen molar-refractivity contribution in [2.24, 2.45) is 0 Å². The van der Waals surface area contributed by atoms with Crippen LogP contribution >= 0.6 is 0 Å². The Hall–Kier alpha value is -1.97. The van der Waals surface area contributed by atoms with E-state index in [2.05, 4.69) is 35.9 Å². The molecule has 112 valence electrons. The maximum atomic E-state index is 6.20. The van der Waals surface area contributed by atoms with Crippen LogP contribution in [0.25, 0.3) is 11.3 Å². The van der Waals surface area contributed by atoms with Gasteiger partial charge >= 0.3 is 0 Å². The number of benzene rings is 1. The van der Waals surface area contributed by atoms with Crippen molar-refractivity contribution in [2.75, 3.05) is 23.7 Å². The number of rotatable bonds is 3. The Labute approximate surface area is 126 Å². The first-order valence-corrected chi connectivity index (χ1v) is 7.89. The molecular weight excluding hydrogens is 260 g/mol. The number of hydrogen-bond acceptors (Lipinski definition) is 3. The van der Waals surface area contributed by atoms with E-state index in [1.54, 1.807) is 0 Å². The molecule has 1 aromatic carbocycles. The van der Waals surface area contributed by atoms with Crippen LogP contribution in [0.2, 0.25) is 0 Å². The van der Waals surface area contributed by atoms with E-state index in [-0.39, 0.29) is 0 Å². The van der Waals surface area contributed by atoms with Crippen LogP contribution in [0.3, 0.4) is 0 Å². The lowest BCUT2D eigenvalue weighted by Crippen LogP contribution is -2.29. The van der Waals surface area contributed by atoms with Crippen LogP contribution in [-0.4, -0.2) is 23.1 Å². The summed E-state index contributed by atoms with van der Waals surface area (Å²) >= 11 is 0. The Morgan fingerprint density at radius 3 is 2.67 bits per heavy atom. The predicted molar refractivity (Wildman–Crippen MR) is 88.6 cm³/mol. The Kier molecular flexibility index (Phi) is 3.86. The van der Waals surface area contributed by atoms with E-state index in [4.69, 9.17) is 10.7 Å². The van der Waals surface area contributed by atoms with Crippen molar-refractivity contribution in [1.82, 2.24) is 9.97 Å². The summed E-state index contributed by atoms with van der Waals surface area (Å²) in [7, 11) is 0. The quantitative estimate of drug-likeness (QED) is 0.848. The number of aromatic amines is 1. The predicted octanol–water partition coefficient (Wildman–Crippen LogP) is 3.52. The molecule has 0 aliphatic carbocycles. The third kappa shape index (κ3) is 2.75. The molecule has 1 aliphatic heterocycles. The second-order valence-corrected chi connectivity index (χ2v) is 5.83. The van der Waals surface area contributed by atoms with Crippen molar-refractivity contribution in [3.05, 3.63) is 29.7 Å². The van der Waals surface area contributed by atoms with Gasteiger partial charge in [-0.1, -0.05) is 6.92 Å². The summed E-state index contributed by atoms with van der Waals surface area (Å²) in [4.78, 5) is 10.5. The molecule has 0 amide bonds. The number of H-pyrrole nitrogens is 1. The number of nitrogens with two attached hydrogens (primary N) is 1. The fourth-order valence-corrected chi connectivity index (χ4v) is 3.05.